The number of nitrogens with zero attached hydrogens (tertiary/aromatic N) is 1. The molecule has 0 aromatic rings. The van der Waals surface area contributed by atoms with Crippen LogP contribution in [0.1, 0.15) is 32.1 Å². The number of carbonyl (C=O) groups excluding carboxylic acids is 2. The Bertz CT molecular complexity index is 562. The fourth-order valence-electron chi connectivity index (χ4n) is 3.52. The zero-order chi connectivity index (χ0) is 15.5. The van der Waals surface area contributed by atoms with E-state index in [1.807, 2.05) is 17.1 Å². The molecule has 2 amide bonds. The molecule has 2 atom stereocenters. The lowest BCUT2D eigenvalue weighted by Crippen LogP contribution is -2.41. The Kier molecular flexibility index (Phi) is 4.43. The topological polar surface area (TPSA) is 69.6 Å². The molecule has 0 saturated heterocycles. The average molecular weight is 302 g/mol. The van der Waals surface area contributed by atoms with Gasteiger partial charge in [-0.15, -0.1) is 0 Å². The van der Waals surface area contributed by atoms with Gasteiger partial charge in [0, 0.05) is 19.0 Å². The Hall–Kier alpha value is -1.88. The van der Waals surface area contributed by atoms with Crippen LogP contribution in [0.4, 0.5) is 0 Å². The molecule has 2 unspecified atom stereocenters. The molecule has 0 bridgehead atoms. The predicted octanol–water partition coefficient (Wildman–Crippen LogP) is 1.95. The maximum Gasteiger partial charge on any atom is 0.250 e. The van der Waals surface area contributed by atoms with Gasteiger partial charge in [-0.1, -0.05) is 29.9 Å². The zero-order valence-corrected chi connectivity index (χ0v) is 12.6. The van der Waals surface area contributed by atoms with Gasteiger partial charge in [0.2, 0.25) is 5.91 Å². The number of hydrogen-bond acceptors (Lipinski definition) is 3. The van der Waals surface area contributed by atoms with Crippen molar-refractivity contribution in [3.05, 3.63) is 35.5 Å². The molecule has 2 aliphatic carbocycles. The van der Waals surface area contributed by atoms with Gasteiger partial charge < -0.3 is 4.90 Å². The largest absolute Gasteiger partial charge is 0.338 e. The van der Waals surface area contributed by atoms with Crippen LogP contribution in [-0.4, -0.2) is 35.0 Å². The van der Waals surface area contributed by atoms with Crippen LogP contribution in [0.3, 0.4) is 0 Å². The maximum absolute atomic E-state index is 12.6. The van der Waals surface area contributed by atoms with Crippen molar-refractivity contribution in [2.24, 2.45) is 11.8 Å². The highest BCUT2D eigenvalue weighted by atomic mass is 16.5. The summed E-state index contributed by atoms with van der Waals surface area (Å²) in [5.74, 6) is -0.267. The van der Waals surface area contributed by atoms with E-state index >= 15 is 0 Å². The summed E-state index contributed by atoms with van der Waals surface area (Å²) in [4.78, 5) is 26.1. The molecule has 5 heteroatoms. The van der Waals surface area contributed by atoms with E-state index in [4.69, 9.17) is 5.21 Å². The predicted molar refractivity (Wildman–Crippen MR) is 81.9 cm³/mol. The molecule has 1 aliphatic heterocycles. The summed E-state index contributed by atoms with van der Waals surface area (Å²) in [5, 5.41) is 8.73. The fourth-order valence-corrected chi connectivity index (χ4v) is 3.52. The van der Waals surface area contributed by atoms with Gasteiger partial charge in [-0.3, -0.25) is 14.8 Å². The zero-order valence-electron chi connectivity index (χ0n) is 12.6. The SMILES string of the molecule is O=C(NO)C1C=CC2=C(CCN(C(=O)C3CC=CCC3)C2)C1. The van der Waals surface area contributed by atoms with Crippen LogP contribution in [0.15, 0.2) is 35.5 Å². The van der Waals surface area contributed by atoms with Gasteiger partial charge >= 0.3 is 0 Å². The molecule has 0 spiro atoms. The monoisotopic (exact) mass is 302 g/mol. The maximum atomic E-state index is 12.6. The highest BCUT2D eigenvalue weighted by molar-refractivity contribution is 5.81. The van der Waals surface area contributed by atoms with E-state index in [2.05, 4.69) is 12.2 Å². The lowest BCUT2D eigenvalue weighted by Gasteiger charge is -2.35. The molecule has 0 saturated carbocycles. The molecule has 0 fully saturated rings. The average Bonchev–Trinajstić information content (AvgIpc) is 2.60. The molecule has 1 heterocycles. The molecule has 22 heavy (non-hydrogen) atoms. The molecule has 118 valence electrons. The molecule has 0 aromatic heterocycles. The second-order valence-electron chi connectivity index (χ2n) is 6.27. The van der Waals surface area contributed by atoms with Crippen molar-refractivity contribution in [3.63, 3.8) is 0 Å². The Morgan fingerprint density at radius 1 is 1.32 bits per heavy atom. The highest BCUT2D eigenvalue weighted by Gasteiger charge is 2.30. The number of nitrogens with one attached hydrogen (secondary N) is 1. The summed E-state index contributed by atoms with van der Waals surface area (Å²) < 4.78 is 0. The number of hydrogen-bond donors (Lipinski definition) is 2. The van der Waals surface area contributed by atoms with Crippen LogP contribution < -0.4 is 5.48 Å². The van der Waals surface area contributed by atoms with Crippen LogP contribution in [-0.2, 0) is 9.59 Å². The van der Waals surface area contributed by atoms with E-state index < -0.39 is 0 Å². The van der Waals surface area contributed by atoms with E-state index in [1.165, 1.54) is 5.57 Å². The third-order valence-electron chi connectivity index (χ3n) is 4.87. The van der Waals surface area contributed by atoms with Crippen molar-refractivity contribution in [3.8, 4) is 0 Å². The first-order valence-corrected chi connectivity index (χ1v) is 7.96. The van der Waals surface area contributed by atoms with E-state index in [9.17, 15) is 9.59 Å². The first-order valence-electron chi connectivity index (χ1n) is 7.96. The van der Waals surface area contributed by atoms with Crippen LogP contribution in [0.5, 0.6) is 0 Å². The van der Waals surface area contributed by atoms with Gasteiger partial charge in [-0.25, -0.2) is 5.48 Å². The van der Waals surface area contributed by atoms with Crippen LogP contribution in [0.2, 0.25) is 0 Å². The van der Waals surface area contributed by atoms with E-state index in [1.54, 1.807) is 5.48 Å². The number of carbonyl (C=O) groups is 2. The number of amides is 2. The minimum atomic E-state index is -0.365. The van der Waals surface area contributed by atoms with Crippen molar-refractivity contribution in [2.45, 2.75) is 32.1 Å². The van der Waals surface area contributed by atoms with Crippen molar-refractivity contribution in [2.75, 3.05) is 13.1 Å². The Balaban J connectivity index is 1.64. The second kappa shape index (κ2) is 6.48. The number of hydroxylamine groups is 1. The Morgan fingerprint density at radius 2 is 2.18 bits per heavy atom. The van der Waals surface area contributed by atoms with Crippen LogP contribution >= 0.6 is 0 Å². The molecular weight excluding hydrogens is 280 g/mol. The second-order valence-corrected chi connectivity index (χ2v) is 6.27. The molecule has 0 aromatic carbocycles. The van der Waals surface area contributed by atoms with Crippen molar-refractivity contribution >= 4 is 11.8 Å². The summed E-state index contributed by atoms with van der Waals surface area (Å²) in [5.41, 5.74) is 4.12. The van der Waals surface area contributed by atoms with Gasteiger partial charge in [0.05, 0.1) is 5.92 Å². The van der Waals surface area contributed by atoms with Crippen molar-refractivity contribution in [1.82, 2.24) is 10.4 Å². The third-order valence-corrected chi connectivity index (χ3v) is 4.87. The lowest BCUT2D eigenvalue weighted by atomic mass is 9.84. The van der Waals surface area contributed by atoms with Crippen molar-refractivity contribution < 1.29 is 14.8 Å². The highest BCUT2D eigenvalue weighted by Crippen LogP contribution is 2.31. The summed E-state index contributed by atoms with van der Waals surface area (Å²) in [7, 11) is 0. The summed E-state index contributed by atoms with van der Waals surface area (Å²) in [6.45, 7) is 1.39. The Labute approximate surface area is 130 Å². The van der Waals surface area contributed by atoms with Gasteiger partial charge in [-0.2, -0.15) is 0 Å². The normalized spacial score (nSPS) is 27.6. The van der Waals surface area contributed by atoms with E-state index in [0.717, 1.165) is 37.8 Å². The smallest absolute Gasteiger partial charge is 0.250 e. The summed E-state index contributed by atoms with van der Waals surface area (Å²) >= 11 is 0. The molecule has 3 rings (SSSR count). The minimum Gasteiger partial charge on any atom is -0.338 e. The van der Waals surface area contributed by atoms with Crippen LogP contribution in [0.25, 0.3) is 0 Å². The van der Waals surface area contributed by atoms with E-state index in [0.29, 0.717) is 13.0 Å². The first-order chi connectivity index (χ1) is 10.7. The van der Waals surface area contributed by atoms with Crippen LogP contribution in [0, 0.1) is 11.8 Å². The molecular formula is C17H22N2O3. The van der Waals surface area contributed by atoms with Gasteiger partial charge in [-0.05, 0) is 37.7 Å². The minimum absolute atomic E-state index is 0.132. The standard InChI is InChI=1S/C17H22N2O3/c20-16(18-22)14-6-7-15-11-19(9-8-13(15)10-14)17(21)12-4-2-1-3-5-12/h1-2,6-7,12,14,22H,3-5,8-11H2,(H,18,20). The quantitative estimate of drug-likeness (QED) is 0.465. The molecule has 2 N–H and O–H groups in total. The number of rotatable bonds is 2. The fraction of sp³-hybridized carbons (Fsp3) is 0.529. The molecule has 0 radical (unpaired) electrons. The summed E-state index contributed by atoms with van der Waals surface area (Å²) in [6.07, 6.45) is 12.3. The van der Waals surface area contributed by atoms with Crippen molar-refractivity contribution in [1.29, 1.82) is 0 Å². The van der Waals surface area contributed by atoms with Gasteiger partial charge in [0.15, 0.2) is 0 Å². The first kappa shape index (κ1) is 15.0. The van der Waals surface area contributed by atoms with Gasteiger partial charge in [0.1, 0.15) is 0 Å². The van der Waals surface area contributed by atoms with Gasteiger partial charge in [0.25, 0.3) is 5.91 Å². The number of allylic oxidation sites excluding steroid dienone is 2. The summed E-state index contributed by atoms with van der Waals surface area (Å²) in [6, 6.07) is 0. The lowest BCUT2D eigenvalue weighted by molar-refractivity contribution is -0.136. The third kappa shape index (κ3) is 2.99. The Morgan fingerprint density at radius 3 is 2.91 bits per heavy atom. The van der Waals surface area contributed by atoms with E-state index in [-0.39, 0.29) is 23.7 Å². The molecule has 3 aliphatic rings. The molecule has 5 nitrogen and oxygen atoms in total.